The molecule has 0 radical (unpaired) electrons. The highest BCUT2D eigenvalue weighted by atomic mass is 32.1. The van der Waals surface area contributed by atoms with Gasteiger partial charge < -0.3 is 10.8 Å². The van der Waals surface area contributed by atoms with Crippen LogP contribution in [-0.4, -0.2) is 5.11 Å². The van der Waals surface area contributed by atoms with Gasteiger partial charge in [0.05, 0.1) is 5.60 Å². The number of aliphatic hydroxyl groups is 1. The molecule has 0 spiro atoms. The third kappa shape index (κ3) is 2.10. The number of nitrogens with two attached hydrogens (primary N) is 1. The van der Waals surface area contributed by atoms with E-state index in [-0.39, 0.29) is 0 Å². The second-order valence-corrected chi connectivity index (χ2v) is 4.38. The first-order valence-electron chi connectivity index (χ1n) is 4.68. The molecule has 0 aromatic carbocycles. The van der Waals surface area contributed by atoms with Gasteiger partial charge in [-0.15, -0.1) is 11.3 Å². The molecule has 0 atom stereocenters. The molecule has 1 rings (SSSR count). The summed E-state index contributed by atoms with van der Waals surface area (Å²) in [6, 6.07) is 3.98. The van der Waals surface area contributed by atoms with Crippen LogP contribution in [0.2, 0.25) is 0 Å². The first-order chi connectivity index (χ1) is 6.16. The predicted octanol–water partition coefficient (Wildman–Crippen LogP) is 2.21. The molecule has 1 heterocycles. The summed E-state index contributed by atoms with van der Waals surface area (Å²) in [7, 11) is 0. The van der Waals surface area contributed by atoms with Gasteiger partial charge in [0.25, 0.3) is 0 Å². The maximum absolute atomic E-state index is 10.2. The van der Waals surface area contributed by atoms with Crippen molar-refractivity contribution >= 4 is 11.3 Å². The summed E-state index contributed by atoms with van der Waals surface area (Å²) in [5.41, 5.74) is 4.88. The highest BCUT2D eigenvalue weighted by Crippen LogP contribution is 2.33. The maximum atomic E-state index is 10.2. The molecule has 0 aliphatic carbocycles. The topological polar surface area (TPSA) is 46.2 Å². The minimum atomic E-state index is -0.641. The summed E-state index contributed by atoms with van der Waals surface area (Å²) < 4.78 is 0. The maximum Gasteiger partial charge on any atom is 0.0982 e. The molecule has 3 heteroatoms. The van der Waals surface area contributed by atoms with E-state index in [1.807, 2.05) is 26.0 Å². The molecule has 0 fully saturated rings. The molecular weight excluding hydrogens is 182 g/mol. The lowest BCUT2D eigenvalue weighted by Gasteiger charge is -2.23. The molecule has 2 nitrogen and oxygen atoms in total. The zero-order valence-electron chi connectivity index (χ0n) is 8.21. The van der Waals surface area contributed by atoms with Crippen molar-refractivity contribution in [1.29, 1.82) is 0 Å². The van der Waals surface area contributed by atoms with E-state index in [0.717, 1.165) is 22.6 Å². The van der Waals surface area contributed by atoms with E-state index in [4.69, 9.17) is 5.73 Å². The number of thiophene rings is 1. The lowest BCUT2D eigenvalue weighted by atomic mass is 9.96. The molecule has 0 aliphatic heterocycles. The van der Waals surface area contributed by atoms with Crippen LogP contribution in [0.25, 0.3) is 0 Å². The Kier molecular flexibility index (Phi) is 3.47. The van der Waals surface area contributed by atoms with E-state index in [0.29, 0.717) is 6.54 Å². The fraction of sp³-hybridized carbons (Fsp3) is 0.600. The molecule has 0 bridgehead atoms. The normalized spacial score (nSPS) is 12.0. The van der Waals surface area contributed by atoms with E-state index in [1.54, 1.807) is 11.3 Å². The van der Waals surface area contributed by atoms with Gasteiger partial charge in [-0.3, -0.25) is 0 Å². The van der Waals surface area contributed by atoms with Gasteiger partial charge in [-0.05, 0) is 25.0 Å². The van der Waals surface area contributed by atoms with E-state index >= 15 is 0 Å². The fourth-order valence-corrected chi connectivity index (χ4v) is 2.45. The van der Waals surface area contributed by atoms with Crippen LogP contribution in [0.15, 0.2) is 12.1 Å². The second kappa shape index (κ2) is 4.22. The molecule has 1 aromatic heterocycles. The van der Waals surface area contributed by atoms with Crippen molar-refractivity contribution in [3.05, 3.63) is 21.9 Å². The number of hydrogen-bond acceptors (Lipinski definition) is 3. The Balaban J connectivity index is 2.91. The van der Waals surface area contributed by atoms with Crippen LogP contribution in [0.3, 0.4) is 0 Å². The van der Waals surface area contributed by atoms with Crippen LogP contribution in [0.1, 0.15) is 36.4 Å². The summed E-state index contributed by atoms with van der Waals surface area (Å²) in [5, 5.41) is 10.2. The van der Waals surface area contributed by atoms with Gasteiger partial charge >= 0.3 is 0 Å². The van der Waals surface area contributed by atoms with Crippen molar-refractivity contribution in [3.8, 4) is 0 Å². The molecule has 1 aromatic rings. The predicted molar refractivity (Wildman–Crippen MR) is 56.7 cm³/mol. The first kappa shape index (κ1) is 10.7. The van der Waals surface area contributed by atoms with Crippen LogP contribution in [0.5, 0.6) is 0 Å². The van der Waals surface area contributed by atoms with Gasteiger partial charge in [-0.25, -0.2) is 0 Å². The number of hydrogen-bond donors (Lipinski definition) is 2. The molecule has 0 amide bonds. The van der Waals surface area contributed by atoms with Gasteiger partial charge in [0.1, 0.15) is 0 Å². The fourth-order valence-electron chi connectivity index (χ4n) is 1.34. The molecule has 0 aliphatic rings. The summed E-state index contributed by atoms with van der Waals surface area (Å²) >= 11 is 1.61. The molecule has 0 unspecified atom stereocenters. The van der Waals surface area contributed by atoms with Crippen LogP contribution in [-0.2, 0) is 12.1 Å². The van der Waals surface area contributed by atoms with Crippen LogP contribution in [0.4, 0.5) is 0 Å². The Labute approximate surface area is 83.4 Å². The third-order valence-corrected chi connectivity index (χ3v) is 3.79. The van der Waals surface area contributed by atoms with E-state index in [9.17, 15) is 5.11 Å². The zero-order chi connectivity index (χ0) is 9.90. The molecule has 0 saturated carbocycles. The Morgan fingerprint density at radius 2 is 2.00 bits per heavy atom. The monoisotopic (exact) mass is 199 g/mol. The van der Waals surface area contributed by atoms with Gasteiger partial charge in [-0.1, -0.05) is 13.8 Å². The molecule has 0 saturated heterocycles. The van der Waals surface area contributed by atoms with Crippen LogP contribution < -0.4 is 5.73 Å². The summed E-state index contributed by atoms with van der Waals surface area (Å²) in [5.74, 6) is 0. The Bertz CT molecular complexity index is 266. The standard InChI is InChI=1S/C10H17NOS/c1-3-10(12,4-2)9-6-5-8(7-11)13-9/h5-6,12H,3-4,7,11H2,1-2H3. The average Bonchev–Trinajstić information content (AvgIpc) is 2.65. The van der Waals surface area contributed by atoms with E-state index in [2.05, 4.69) is 0 Å². The van der Waals surface area contributed by atoms with Crippen LogP contribution in [0, 0.1) is 0 Å². The molecule has 13 heavy (non-hydrogen) atoms. The number of rotatable bonds is 4. The highest BCUT2D eigenvalue weighted by molar-refractivity contribution is 7.12. The van der Waals surface area contributed by atoms with Crippen molar-refractivity contribution in [3.63, 3.8) is 0 Å². The Morgan fingerprint density at radius 1 is 1.38 bits per heavy atom. The molecule has 3 N–H and O–H groups in total. The van der Waals surface area contributed by atoms with Gasteiger partial charge in [0.2, 0.25) is 0 Å². The van der Waals surface area contributed by atoms with E-state index < -0.39 is 5.60 Å². The van der Waals surface area contributed by atoms with Crippen molar-refractivity contribution in [2.24, 2.45) is 5.73 Å². The Hall–Kier alpha value is -0.380. The average molecular weight is 199 g/mol. The summed E-state index contributed by atoms with van der Waals surface area (Å²) in [6.07, 6.45) is 1.52. The zero-order valence-corrected chi connectivity index (χ0v) is 9.03. The Morgan fingerprint density at radius 3 is 2.38 bits per heavy atom. The van der Waals surface area contributed by atoms with Gasteiger partial charge in [0.15, 0.2) is 0 Å². The van der Waals surface area contributed by atoms with E-state index in [1.165, 1.54) is 0 Å². The largest absolute Gasteiger partial charge is 0.384 e. The van der Waals surface area contributed by atoms with Crippen molar-refractivity contribution in [2.45, 2.75) is 38.8 Å². The lowest BCUT2D eigenvalue weighted by Crippen LogP contribution is -2.21. The highest BCUT2D eigenvalue weighted by Gasteiger charge is 2.26. The van der Waals surface area contributed by atoms with Crippen molar-refractivity contribution in [2.75, 3.05) is 0 Å². The minimum absolute atomic E-state index is 0.564. The summed E-state index contributed by atoms with van der Waals surface area (Å²) in [4.78, 5) is 2.17. The quantitative estimate of drug-likeness (QED) is 0.781. The van der Waals surface area contributed by atoms with Crippen LogP contribution >= 0.6 is 11.3 Å². The third-order valence-electron chi connectivity index (χ3n) is 2.49. The van der Waals surface area contributed by atoms with Crippen molar-refractivity contribution < 1.29 is 5.11 Å². The minimum Gasteiger partial charge on any atom is -0.384 e. The molecule has 74 valence electrons. The summed E-state index contributed by atoms with van der Waals surface area (Å²) in [6.45, 7) is 4.57. The lowest BCUT2D eigenvalue weighted by molar-refractivity contribution is 0.0321. The van der Waals surface area contributed by atoms with Gasteiger partial charge in [-0.2, -0.15) is 0 Å². The smallest absolute Gasteiger partial charge is 0.0982 e. The van der Waals surface area contributed by atoms with Crippen molar-refractivity contribution in [1.82, 2.24) is 0 Å². The second-order valence-electron chi connectivity index (χ2n) is 3.21. The molecular formula is C10H17NOS. The SMILES string of the molecule is CCC(O)(CC)c1ccc(CN)s1. The van der Waals surface area contributed by atoms with Gasteiger partial charge in [0, 0.05) is 16.3 Å². The first-order valence-corrected chi connectivity index (χ1v) is 5.49.